The van der Waals surface area contributed by atoms with Gasteiger partial charge in [0.2, 0.25) is 0 Å². The van der Waals surface area contributed by atoms with E-state index in [-0.39, 0.29) is 0 Å². The fraction of sp³-hybridized carbons (Fsp3) is 0. The fourth-order valence-corrected chi connectivity index (χ4v) is 2.52. The summed E-state index contributed by atoms with van der Waals surface area (Å²) in [5.74, 6) is 1.25. The van der Waals surface area contributed by atoms with Gasteiger partial charge in [-0.2, -0.15) is 5.10 Å². The average molecular weight is 263 g/mol. The summed E-state index contributed by atoms with van der Waals surface area (Å²) in [6.07, 6.45) is 1.71. The van der Waals surface area contributed by atoms with Crippen LogP contribution in [-0.2, 0) is 0 Å². The Labute approximate surface area is 106 Å². The number of hydrogen-bond donors (Lipinski definition) is 1. The van der Waals surface area contributed by atoms with Gasteiger partial charge >= 0.3 is 0 Å². The van der Waals surface area contributed by atoms with E-state index >= 15 is 0 Å². The quantitative estimate of drug-likeness (QED) is 0.771. The smallest absolute Gasteiger partial charge is 0.200 e. The lowest BCUT2D eigenvalue weighted by molar-refractivity contribution is 1.09. The summed E-state index contributed by atoms with van der Waals surface area (Å²) in [5, 5.41) is 9.60. The highest BCUT2D eigenvalue weighted by Crippen LogP contribution is 2.31. The molecule has 0 bridgehead atoms. The molecule has 0 saturated heterocycles. The van der Waals surface area contributed by atoms with E-state index in [4.69, 9.17) is 11.6 Å². The van der Waals surface area contributed by atoms with Gasteiger partial charge in [-0.25, -0.2) is 4.98 Å². The van der Waals surface area contributed by atoms with Crippen molar-refractivity contribution in [3.63, 3.8) is 0 Å². The Bertz CT molecular complexity index is 632. The molecule has 0 atom stereocenters. The van der Waals surface area contributed by atoms with Crippen molar-refractivity contribution in [2.45, 2.75) is 0 Å². The van der Waals surface area contributed by atoms with E-state index in [1.165, 1.54) is 11.3 Å². The standard InChI is InChI=1S/C11H7ClN4S/c12-7-4-6-17-9(7)11-14-10(15-16-11)8-3-1-2-5-13-8/h1-6H,(H,14,15,16). The summed E-state index contributed by atoms with van der Waals surface area (Å²) < 4.78 is 0. The molecule has 4 nitrogen and oxygen atoms in total. The summed E-state index contributed by atoms with van der Waals surface area (Å²) in [6.45, 7) is 0. The van der Waals surface area contributed by atoms with Crippen molar-refractivity contribution in [1.29, 1.82) is 0 Å². The van der Waals surface area contributed by atoms with Gasteiger partial charge in [0, 0.05) is 6.20 Å². The van der Waals surface area contributed by atoms with Gasteiger partial charge in [-0.05, 0) is 23.6 Å². The summed E-state index contributed by atoms with van der Waals surface area (Å²) in [6, 6.07) is 7.46. The molecule has 3 aromatic rings. The molecule has 0 radical (unpaired) electrons. The number of nitrogens with zero attached hydrogens (tertiary/aromatic N) is 3. The maximum atomic E-state index is 6.04. The number of rotatable bonds is 2. The predicted molar refractivity (Wildman–Crippen MR) is 67.9 cm³/mol. The molecule has 0 aromatic carbocycles. The third-order valence-corrected chi connectivity index (χ3v) is 3.56. The van der Waals surface area contributed by atoms with Crippen LogP contribution in [-0.4, -0.2) is 20.2 Å². The third-order valence-electron chi connectivity index (χ3n) is 2.21. The molecular weight excluding hydrogens is 256 g/mol. The van der Waals surface area contributed by atoms with Crippen LogP contribution in [0.3, 0.4) is 0 Å². The Balaban J connectivity index is 2.02. The molecule has 3 aromatic heterocycles. The van der Waals surface area contributed by atoms with E-state index in [0.29, 0.717) is 16.7 Å². The first-order valence-electron chi connectivity index (χ1n) is 4.92. The normalized spacial score (nSPS) is 10.6. The number of aromatic nitrogens is 4. The van der Waals surface area contributed by atoms with Crippen molar-refractivity contribution >= 4 is 22.9 Å². The van der Waals surface area contributed by atoms with E-state index in [1.54, 1.807) is 6.20 Å². The molecule has 0 spiro atoms. The molecule has 0 saturated carbocycles. The second kappa shape index (κ2) is 4.27. The molecule has 1 N–H and O–H groups in total. The predicted octanol–water partition coefficient (Wildman–Crippen LogP) is 3.25. The van der Waals surface area contributed by atoms with Crippen LogP contribution in [0.1, 0.15) is 0 Å². The molecule has 0 aliphatic rings. The van der Waals surface area contributed by atoms with E-state index in [0.717, 1.165) is 10.6 Å². The van der Waals surface area contributed by atoms with Crippen LogP contribution in [0.4, 0.5) is 0 Å². The zero-order valence-corrected chi connectivity index (χ0v) is 10.2. The number of pyridine rings is 1. The highest BCUT2D eigenvalue weighted by Gasteiger charge is 2.11. The second-order valence-corrected chi connectivity index (χ2v) is 4.64. The van der Waals surface area contributed by atoms with Crippen LogP contribution >= 0.6 is 22.9 Å². The Hall–Kier alpha value is -1.72. The van der Waals surface area contributed by atoms with Crippen molar-refractivity contribution in [3.05, 3.63) is 40.9 Å². The number of halogens is 1. The van der Waals surface area contributed by atoms with Crippen molar-refractivity contribution in [2.24, 2.45) is 0 Å². The molecular formula is C11H7ClN4S. The summed E-state index contributed by atoms with van der Waals surface area (Å²) >= 11 is 7.56. The molecule has 0 aliphatic carbocycles. The molecule has 0 amide bonds. The van der Waals surface area contributed by atoms with Gasteiger partial charge in [0.1, 0.15) is 5.69 Å². The second-order valence-electron chi connectivity index (χ2n) is 3.32. The van der Waals surface area contributed by atoms with Crippen molar-refractivity contribution in [1.82, 2.24) is 20.2 Å². The highest BCUT2D eigenvalue weighted by atomic mass is 35.5. The van der Waals surface area contributed by atoms with Crippen LogP contribution < -0.4 is 0 Å². The third kappa shape index (κ3) is 1.94. The first-order valence-corrected chi connectivity index (χ1v) is 6.17. The van der Waals surface area contributed by atoms with Gasteiger partial charge < -0.3 is 0 Å². The van der Waals surface area contributed by atoms with Gasteiger partial charge in [0.15, 0.2) is 11.6 Å². The van der Waals surface area contributed by atoms with Crippen LogP contribution in [0.2, 0.25) is 5.02 Å². The maximum absolute atomic E-state index is 6.04. The Morgan fingerprint density at radius 2 is 2.18 bits per heavy atom. The zero-order chi connectivity index (χ0) is 11.7. The Morgan fingerprint density at radius 1 is 1.24 bits per heavy atom. The number of aromatic amines is 1. The molecule has 3 heterocycles. The van der Waals surface area contributed by atoms with Gasteiger partial charge in [-0.15, -0.1) is 11.3 Å². The SMILES string of the molecule is Clc1ccsc1-c1nc(-c2ccccn2)n[nH]1. The van der Waals surface area contributed by atoms with Gasteiger partial charge in [-0.3, -0.25) is 10.1 Å². The minimum Gasteiger partial charge on any atom is -0.258 e. The van der Waals surface area contributed by atoms with E-state index in [9.17, 15) is 0 Å². The highest BCUT2D eigenvalue weighted by molar-refractivity contribution is 7.14. The Kier molecular flexibility index (Phi) is 2.62. The van der Waals surface area contributed by atoms with E-state index < -0.39 is 0 Å². The lowest BCUT2D eigenvalue weighted by Gasteiger charge is -1.91. The average Bonchev–Trinajstić information content (AvgIpc) is 2.98. The zero-order valence-electron chi connectivity index (χ0n) is 8.59. The minimum absolute atomic E-state index is 0.574. The number of H-pyrrole nitrogens is 1. The molecule has 0 aliphatic heterocycles. The van der Waals surface area contributed by atoms with Crippen molar-refractivity contribution in [3.8, 4) is 22.2 Å². The van der Waals surface area contributed by atoms with Gasteiger partial charge in [-0.1, -0.05) is 17.7 Å². The number of hydrogen-bond acceptors (Lipinski definition) is 4. The van der Waals surface area contributed by atoms with Crippen LogP contribution in [0.5, 0.6) is 0 Å². The van der Waals surface area contributed by atoms with Crippen LogP contribution in [0, 0.1) is 0 Å². The molecule has 84 valence electrons. The molecule has 6 heteroatoms. The van der Waals surface area contributed by atoms with E-state index in [2.05, 4.69) is 20.2 Å². The number of thiophene rings is 1. The van der Waals surface area contributed by atoms with E-state index in [1.807, 2.05) is 29.6 Å². The lowest BCUT2D eigenvalue weighted by atomic mass is 10.3. The summed E-state index contributed by atoms with van der Waals surface area (Å²) in [5.41, 5.74) is 0.739. The molecule has 0 fully saturated rings. The van der Waals surface area contributed by atoms with Crippen LogP contribution in [0.15, 0.2) is 35.8 Å². The summed E-state index contributed by atoms with van der Waals surface area (Å²) in [4.78, 5) is 9.46. The largest absolute Gasteiger partial charge is 0.258 e. The number of nitrogens with one attached hydrogen (secondary N) is 1. The lowest BCUT2D eigenvalue weighted by Crippen LogP contribution is -1.83. The van der Waals surface area contributed by atoms with Crippen molar-refractivity contribution in [2.75, 3.05) is 0 Å². The van der Waals surface area contributed by atoms with Crippen molar-refractivity contribution < 1.29 is 0 Å². The maximum Gasteiger partial charge on any atom is 0.200 e. The first kappa shape index (κ1) is 10.4. The summed E-state index contributed by atoms with van der Waals surface area (Å²) in [7, 11) is 0. The minimum atomic E-state index is 0.574. The monoisotopic (exact) mass is 262 g/mol. The first-order chi connectivity index (χ1) is 8.34. The molecule has 0 unspecified atom stereocenters. The van der Waals surface area contributed by atoms with Gasteiger partial charge in [0.05, 0.1) is 9.90 Å². The molecule has 17 heavy (non-hydrogen) atoms. The molecule has 3 rings (SSSR count). The van der Waals surface area contributed by atoms with Crippen LogP contribution in [0.25, 0.3) is 22.2 Å². The fourth-order valence-electron chi connectivity index (χ4n) is 1.44. The Morgan fingerprint density at radius 3 is 2.88 bits per heavy atom. The van der Waals surface area contributed by atoms with Gasteiger partial charge in [0.25, 0.3) is 0 Å². The topological polar surface area (TPSA) is 54.5 Å².